The summed E-state index contributed by atoms with van der Waals surface area (Å²) >= 11 is 0. The monoisotopic (exact) mass is 206 g/mol. The number of nitrogens with one attached hydrogen (secondary N) is 1. The van der Waals surface area contributed by atoms with Crippen LogP contribution in [0.2, 0.25) is 0 Å². The van der Waals surface area contributed by atoms with Crippen LogP contribution < -0.4 is 10.1 Å². The number of hydrogen-bond acceptors (Lipinski definition) is 3. The van der Waals surface area contributed by atoms with Crippen LogP contribution in [-0.4, -0.2) is 18.1 Å². The lowest BCUT2D eigenvalue weighted by molar-refractivity contribution is 0.343. The van der Waals surface area contributed by atoms with Crippen molar-refractivity contribution in [2.24, 2.45) is 0 Å². The van der Waals surface area contributed by atoms with E-state index in [1.165, 1.54) is 0 Å². The maximum Gasteiger partial charge on any atom is 0.218 e. The molecule has 1 aromatic heterocycles. The summed E-state index contributed by atoms with van der Waals surface area (Å²) in [4.78, 5) is 4.21. The van der Waals surface area contributed by atoms with Gasteiger partial charge in [0.25, 0.3) is 0 Å². The molecule has 0 spiro atoms. The van der Waals surface area contributed by atoms with Gasteiger partial charge in [0.15, 0.2) is 0 Å². The van der Waals surface area contributed by atoms with Crippen molar-refractivity contribution in [2.75, 3.05) is 13.2 Å². The second kappa shape index (κ2) is 7.01. The molecule has 1 N–H and O–H groups in total. The molecule has 82 valence electrons. The van der Waals surface area contributed by atoms with Crippen molar-refractivity contribution in [3.63, 3.8) is 0 Å². The van der Waals surface area contributed by atoms with E-state index in [1.54, 1.807) is 6.20 Å². The Bertz CT molecular complexity index is 310. The van der Waals surface area contributed by atoms with Gasteiger partial charge in [-0.1, -0.05) is 25.1 Å². The highest BCUT2D eigenvalue weighted by molar-refractivity contribution is 5.25. The lowest BCUT2D eigenvalue weighted by Gasteiger charge is -2.08. The number of aromatic nitrogens is 1. The first-order valence-electron chi connectivity index (χ1n) is 5.27. The molecule has 1 rings (SSSR count). The van der Waals surface area contributed by atoms with E-state index in [-0.39, 0.29) is 0 Å². The van der Waals surface area contributed by atoms with Crippen LogP contribution in [0.4, 0.5) is 0 Å². The molecule has 0 saturated carbocycles. The zero-order valence-corrected chi connectivity index (χ0v) is 9.36. The van der Waals surface area contributed by atoms with Gasteiger partial charge < -0.3 is 10.1 Å². The van der Waals surface area contributed by atoms with Gasteiger partial charge in [-0.05, 0) is 19.5 Å². The van der Waals surface area contributed by atoms with E-state index < -0.39 is 0 Å². The predicted molar refractivity (Wildman–Crippen MR) is 61.9 cm³/mol. The zero-order chi connectivity index (χ0) is 10.9. The van der Waals surface area contributed by atoms with Gasteiger partial charge in [0.05, 0.1) is 0 Å². The van der Waals surface area contributed by atoms with Gasteiger partial charge in [-0.15, -0.1) is 0 Å². The fourth-order valence-corrected chi connectivity index (χ4v) is 1.17. The summed E-state index contributed by atoms with van der Waals surface area (Å²) in [5, 5.41) is 3.26. The van der Waals surface area contributed by atoms with Gasteiger partial charge in [-0.3, -0.25) is 0 Å². The number of ether oxygens (including phenoxy) is 1. The van der Waals surface area contributed by atoms with Gasteiger partial charge in [-0.2, -0.15) is 0 Å². The lowest BCUT2D eigenvalue weighted by Crippen LogP contribution is -2.13. The molecule has 0 bridgehead atoms. The van der Waals surface area contributed by atoms with Crippen LogP contribution in [-0.2, 0) is 6.54 Å². The molecular weight excluding hydrogens is 188 g/mol. The molecular formula is C12H18N2O. The van der Waals surface area contributed by atoms with E-state index in [0.29, 0.717) is 6.61 Å². The fraction of sp³-hybridized carbons (Fsp3) is 0.417. The number of allylic oxidation sites excluding steroid dienone is 1. The zero-order valence-electron chi connectivity index (χ0n) is 9.36. The van der Waals surface area contributed by atoms with E-state index in [9.17, 15) is 0 Å². The first-order chi connectivity index (χ1) is 7.38. The van der Waals surface area contributed by atoms with E-state index >= 15 is 0 Å². The Labute approximate surface area is 91.2 Å². The smallest absolute Gasteiger partial charge is 0.218 e. The molecule has 0 saturated heterocycles. The van der Waals surface area contributed by atoms with Crippen molar-refractivity contribution in [1.29, 1.82) is 0 Å². The Kier molecular flexibility index (Phi) is 5.48. The molecule has 0 aliphatic rings. The van der Waals surface area contributed by atoms with Gasteiger partial charge >= 0.3 is 0 Å². The summed E-state index contributed by atoms with van der Waals surface area (Å²) in [6, 6.07) is 3.95. The van der Waals surface area contributed by atoms with Gasteiger partial charge in [0.1, 0.15) is 6.61 Å². The van der Waals surface area contributed by atoms with Crippen LogP contribution in [0.5, 0.6) is 5.88 Å². The molecule has 0 amide bonds. The van der Waals surface area contributed by atoms with Crippen molar-refractivity contribution < 1.29 is 4.74 Å². The Morgan fingerprint density at radius 3 is 3.13 bits per heavy atom. The van der Waals surface area contributed by atoms with Crippen LogP contribution in [0.15, 0.2) is 30.5 Å². The minimum atomic E-state index is 0.576. The van der Waals surface area contributed by atoms with Crippen molar-refractivity contribution >= 4 is 0 Å². The molecule has 15 heavy (non-hydrogen) atoms. The molecule has 3 nitrogen and oxygen atoms in total. The SMILES string of the molecule is CC=CCOc1ncccc1CNCC. The van der Waals surface area contributed by atoms with E-state index in [1.807, 2.05) is 31.2 Å². The molecule has 3 heteroatoms. The van der Waals surface area contributed by atoms with Crippen molar-refractivity contribution in [3.8, 4) is 5.88 Å². The Morgan fingerprint density at radius 1 is 1.53 bits per heavy atom. The normalized spacial score (nSPS) is 10.8. The third-order valence-electron chi connectivity index (χ3n) is 1.97. The summed E-state index contributed by atoms with van der Waals surface area (Å²) in [6.07, 6.45) is 5.68. The van der Waals surface area contributed by atoms with Crippen LogP contribution in [0.25, 0.3) is 0 Å². The molecule has 1 heterocycles. The standard InChI is InChI=1S/C12H18N2O/c1-3-5-9-15-12-11(10-13-4-2)7-6-8-14-12/h3,5-8,13H,4,9-10H2,1-2H3. The van der Waals surface area contributed by atoms with Crippen molar-refractivity contribution in [3.05, 3.63) is 36.0 Å². The fourth-order valence-electron chi connectivity index (χ4n) is 1.17. The lowest BCUT2D eigenvalue weighted by atomic mass is 10.2. The molecule has 0 radical (unpaired) electrons. The largest absolute Gasteiger partial charge is 0.473 e. The van der Waals surface area contributed by atoms with Crippen LogP contribution in [0, 0.1) is 0 Å². The third kappa shape index (κ3) is 4.13. The van der Waals surface area contributed by atoms with Gasteiger partial charge in [0, 0.05) is 18.3 Å². The van der Waals surface area contributed by atoms with E-state index in [0.717, 1.165) is 24.5 Å². The predicted octanol–water partition coefficient (Wildman–Crippen LogP) is 2.15. The molecule has 0 fully saturated rings. The van der Waals surface area contributed by atoms with Crippen LogP contribution >= 0.6 is 0 Å². The Balaban J connectivity index is 2.59. The molecule has 0 aromatic carbocycles. The molecule has 0 atom stereocenters. The van der Waals surface area contributed by atoms with Crippen molar-refractivity contribution in [2.45, 2.75) is 20.4 Å². The number of rotatable bonds is 6. The van der Waals surface area contributed by atoms with Gasteiger partial charge in [-0.25, -0.2) is 4.98 Å². The average Bonchev–Trinajstić information content (AvgIpc) is 2.28. The molecule has 1 aromatic rings. The highest BCUT2D eigenvalue weighted by Crippen LogP contribution is 2.13. The molecule has 0 unspecified atom stereocenters. The summed E-state index contributed by atoms with van der Waals surface area (Å²) in [6.45, 7) is 6.38. The summed E-state index contributed by atoms with van der Waals surface area (Å²) < 4.78 is 5.54. The average molecular weight is 206 g/mol. The molecule has 0 aliphatic carbocycles. The second-order valence-corrected chi connectivity index (χ2v) is 3.13. The first-order valence-corrected chi connectivity index (χ1v) is 5.27. The maximum atomic E-state index is 5.54. The minimum Gasteiger partial charge on any atom is -0.473 e. The first kappa shape index (κ1) is 11.7. The van der Waals surface area contributed by atoms with E-state index in [4.69, 9.17) is 4.74 Å². The summed E-state index contributed by atoms with van der Waals surface area (Å²) in [5.41, 5.74) is 1.10. The highest BCUT2D eigenvalue weighted by Gasteiger charge is 2.02. The van der Waals surface area contributed by atoms with Crippen LogP contribution in [0.1, 0.15) is 19.4 Å². The maximum absolute atomic E-state index is 5.54. The van der Waals surface area contributed by atoms with Crippen molar-refractivity contribution in [1.82, 2.24) is 10.3 Å². The number of pyridine rings is 1. The third-order valence-corrected chi connectivity index (χ3v) is 1.97. The quantitative estimate of drug-likeness (QED) is 0.724. The van der Waals surface area contributed by atoms with Crippen LogP contribution in [0.3, 0.4) is 0 Å². The Hall–Kier alpha value is -1.35. The second-order valence-electron chi connectivity index (χ2n) is 3.13. The van der Waals surface area contributed by atoms with E-state index in [2.05, 4.69) is 17.2 Å². The Morgan fingerprint density at radius 2 is 2.40 bits per heavy atom. The number of hydrogen-bond donors (Lipinski definition) is 1. The summed E-state index contributed by atoms with van der Waals surface area (Å²) in [5.74, 6) is 0.719. The molecule has 0 aliphatic heterocycles. The van der Waals surface area contributed by atoms with Gasteiger partial charge in [0.2, 0.25) is 5.88 Å². The minimum absolute atomic E-state index is 0.576. The summed E-state index contributed by atoms with van der Waals surface area (Å²) in [7, 11) is 0. The highest BCUT2D eigenvalue weighted by atomic mass is 16.5. The topological polar surface area (TPSA) is 34.1 Å². The number of nitrogens with zero attached hydrogens (tertiary/aromatic N) is 1.